The minimum atomic E-state index is -0.407. The standard InChI is InChI=1S/C24H24N2O3/c1-24(2,3)17-29-21-13-12-20(16-22(21)28-4)26-15-14-19(25-23(26)27)11-10-18-8-6-5-7-9-18/h5-9,12-16H,17H2,1-4H3. The van der Waals surface area contributed by atoms with Gasteiger partial charge in [0.1, 0.15) is 5.69 Å². The second-order valence-corrected chi connectivity index (χ2v) is 7.77. The molecule has 1 aromatic heterocycles. The maximum Gasteiger partial charge on any atom is 0.353 e. The van der Waals surface area contributed by atoms with E-state index in [-0.39, 0.29) is 5.41 Å². The van der Waals surface area contributed by atoms with Crippen molar-refractivity contribution in [2.45, 2.75) is 20.8 Å². The normalized spacial score (nSPS) is 10.8. The van der Waals surface area contributed by atoms with Gasteiger partial charge in [0, 0.05) is 17.8 Å². The van der Waals surface area contributed by atoms with E-state index < -0.39 is 5.69 Å². The van der Waals surface area contributed by atoms with E-state index in [9.17, 15) is 4.79 Å². The Bertz CT molecular complexity index is 1100. The summed E-state index contributed by atoms with van der Waals surface area (Å²) >= 11 is 0. The first-order chi connectivity index (χ1) is 13.9. The van der Waals surface area contributed by atoms with Gasteiger partial charge in [-0.2, -0.15) is 4.98 Å². The lowest BCUT2D eigenvalue weighted by Gasteiger charge is -2.20. The molecular weight excluding hydrogens is 364 g/mol. The number of hydrogen-bond donors (Lipinski definition) is 0. The first-order valence-corrected chi connectivity index (χ1v) is 9.34. The second kappa shape index (κ2) is 8.66. The smallest absolute Gasteiger partial charge is 0.353 e. The SMILES string of the molecule is COc1cc(-n2ccc(C#Cc3ccccc3)nc2=O)ccc1OCC(C)(C)C. The van der Waals surface area contributed by atoms with Crippen LogP contribution in [0.4, 0.5) is 0 Å². The highest BCUT2D eigenvalue weighted by molar-refractivity contribution is 5.49. The van der Waals surface area contributed by atoms with Crippen LogP contribution < -0.4 is 15.2 Å². The van der Waals surface area contributed by atoms with E-state index in [1.165, 1.54) is 4.57 Å². The molecule has 0 saturated carbocycles. The summed E-state index contributed by atoms with van der Waals surface area (Å²) < 4.78 is 12.7. The number of benzene rings is 2. The minimum Gasteiger partial charge on any atom is -0.493 e. The first kappa shape index (κ1) is 20.2. The van der Waals surface area contributed by atoms with Crippen LogP contribution in [0.25, 0.3) is 5.69 Å². The van der Waals surface area contributed by atoms with Crippen LogP contribution in [0, 0.1) is 17.3 Å². The van der Waals surface area contributed by atoms with E-state index >= 15 is 0 Å². The molecule has 5 nitrogen and oxygen atoms in total. The van der Waals surface area contributed by atoms with Crippen LogP contribution >= 0.6 is 0 Å². The van der Waals surface area contributed by atoms with Crippen LogP contribution in [-0.2, 0) is 0 Å². The number of aromatic nitrogens is 2. The zero-order valence-corrected chi connectivity index (χ0v) is 17.1. The van der Waals surface area contributed by atoms with Crippen molar-refractivity contribution in [3.63, 3.8) is 0 Å². The molecule has 0 fully saturated rings. The van der Waals surface area contributed by atoms with Gasteiger partial charge in [0.25, 0.3) is 0 Å². The molecule has 29 heavy (non-hydrogen) atoms. The highest BCUT2D eigenvalue weighted by atomic mass is 16.5. The van der Waals surface area contributed by atoms with E-state index in [0.29, 0.717) is 29.5 Å². The third-order valence-corrected chi connectivity index (χ3v) is 4.00. The lowest BCUT2D eigenvalue weighted by molar-refractivity contribution is 0.191. The molecule has 0 amide bonds. The Morgan fingerprint density at radius 3 is 2.41 bits per heavy atom. The molecule has 1 heterocycles. The Morgan fingerprint density at radius 2 is 1.76 bits per heavy atom. The lowest BCUT2D eigenvalue weighted by Crippen LogP contribution is -2.21. The van der Waals surface area contributed by atoms with Crippen molar-refractivity contribution >= 4 is 0 Å². The van der Waals surface area contributed by atoms with E-state index in [1.54, 1.807) is 37.6 Å². The van der Waals surface area contributed by atoms with Crippen molar-refractivity contribution < 1.29 is 9.47 Å². The molecule has 3 rings (SSSR count). The fourth-order valence-electron chi connectivity index (χ4n) is 2.55. The molecule has 0 saturated heterocycles. The van der Waals surface area contributed by atoms with E-state index in [1.807, 2.05) is 30.3 Å². The largest absolute Gasteiger partial charge is 0.493 e. The van der Waals surface area contributed by atoms with Crippen molar-refractivity contribution in [1.29, 1.82) is 0 Å². The number of hydrogen-bond acceptors (Lipinski definition) is 4. The van der Waals surface area contributed by atoms with Gasteiger partial charge in [-0.05, 0) is 41.7 Å². The highest BCUT2D eigenvalue weighted by Gasteiger charge is 2.14. The fourth-order valence-corrected chi connectivity index (χ4v) is 2.55. The third-order valence-electron chi connectivity index (χ3n) is 4.00. The van der Waals surface area contributed by atoms with Crippen LogP contribution in [0.15, 0.2) is 65.6 Å². The van der Waals surface area contributed by atoms with E-state index in [0.717, 1.165) is 5.56 Å². The van der Waals surface area contributed by atoms with Crippen molar-refractivity contribution in [1.82, 2.24) is 9.55 Å². The Labute approximate surface area is 171 Å². The van der Waals surface area contributed by atoms with Crippen molar-refractivity contribution in [2.75, 3.05) is 13.7 Å². The summed E-state index contributed by atoms with van der Waals surface area (Å²) in [6.07, 6.45) is 1.66. The summed E-state index contributed by atoms with van der Waals surface area (Å²) in [7, 11) is 1.58. The molecule has 0 aliphatic carbocycles. The summed E-state index contributed by atoms with van der Waals surface area (Å²) in [4.78, 5) is 16.6. The Morgan fingerprint density at radius 1 is 1.00 bits per heavy atom. The van der Waals surface area contributed by atoms with Gasteiger partial charge in [0.05, 0.1) is 19.4 Å². The molecule has 5 heteroatoms. The maximum absolute atomic E-state index is 12.5. The molecule has 0 spiro atoms. The molecule has 0 atom stereocenters. The zero-order chi connectivity index (χ0) is 20.9. The summed E-state index contributed by atoms with van der Waals surface area (Å²) in [5.74, 6) is 7.12. The first-order valence-electron chi connectivity index (χ1n) is 9.34. The van der Waals surface area contributed by atoms with Gasteiger partial charge in [-0.15, -0.1) is 0 Å². The Balaban J connectivity index is 1.85. The van der Waals surface area contributed by atoms with Crippen molar-refractivity contribution in [2.24, 2.45) is 5.41 Å². The van der Waals surface area contributed by atoms with Gasteiger partial charge in [-0.25, -0.2) is 4.79 Å². The van der Waals surface area contributed by atoms with Crippen molar-refractivity contribution in [3.05, 3.63) is 82.5 Å². The maximum atomic E-state index is 12.5. The molecule has 0 aliphatic rings. The molecule has 3 aromatic rings. The van der Waals surface area contributed by atoms with Gasteiger partial charge >= 0.3 is 5.69 Å². The Kier molecular flexibility index (Phi) is 6.04. The highest BCUT2D eigenvalue weighted by Crippen LogP contribution is 2.30. The minimum absolute atomic E-state index is 0.0289. The van der Waals surface area contributed by atoms with Crippen molar-refractivity contribution in [3.8, 4) is 29.0 Å². The quantitative estimate of drug-likeness (QED) is 0.633. The topological polar surface area (TPSA) is 53.4 Å². The molecular formula is C24H24N2O3. The van der Waals surface area contributed by atoms with Crippen LogP contribution in [0.2, 0.25) is 0 Å². The molecule has 0 unspecified atom stereocenters. The van der Waals surface area contributed by atoms with Gasteiger partial charge in [0.2, 0.25) is 0 Å². The van der Waals surface area contributed by atoms with Gasteiger partial charge in [0.15, 0.2) is 11.5 Å². The average molecular weight is 388 g/mol. The van der Waals surface area contributed by atoms with E-state index in [4.69, 9.17) is 9.47 Å². The number of rotatable bonds is 4. The fraction of sp³-hybridized carbons (Fsp3) is 0.250. The second-order valence-electron chi connectivity index (χ2n) is 7.77. The van der Waals surface area contributed by atoms with Crippen LogP contribution in [0.3, 0.4) is 0 Å². The summed E-state index contributed by atoms with van der Waals surface area (Å²) in [6.45, 7) is 6.85. The molecule has 0 bridgehead atoms. The number of nitrogens with zero attached hydrogens (tertiary/aromatic N) is 2. The average Bonchev–Trinajstić information content (AvgIpc) is 2.71. The summed E-state index contributed by atoms with van der Waals surface area (Å²) in [5, 5.41) is 0. The Hall–Kier alpha value is -3.52. The zero-order valence-electron chi connectivity index (χ0n) is 17.1. The molecule has 0 N–H and O–H groups in total. The van der Waals surface area contributed by atoms with Gasteiger partial charge in [-0.3, -0.25) is 4.57 Å². The lowest BCUT2D eigenvalue weighted by atomic mass is 9.99. The predicted molar refractivity (Wildman–Crippen MR) is 114 cm³/mol. The monoisotopic (exact) mass is 388 g/mol. The van der Waals surface area contributed by atoms with Gasteiger partial charge in [-0.1, -0.05) is 44.9 Å². The number of methoxy groups -OCH3 is 1. The summed E-state index contributed by atoms with van der Waals surface area (Å²) in [6, 6.07) is 16.7. The molecule has 0 aliphatic heterocycles. The third kappa shape index (κ3) is 5.49. The van der Waals surface area contributed by atoms with Crippen LogP contribution in [-0.4, -0.2) is 23.3 Å². The van der Waals surface area contributed by atoms with Gasteiger partial charge < -0.3 is 9.47 Å². The molecule has 148 valence electrons. The van der Waals surface area contributed by atoms with Crippen LogP contribution in [0.1, 0.15) is 32.0 Å². The predicted octanol–water partition coefficient (Wildman–Crippen LogP) is 4.07. The van der Waals surface area contributed by atoms with Crippen LogP contribution in [0.5, 0.6) is 11.5 Å². The molecule has 0 radical (unpaired) electrons. The number of ether oxygens (including phenoxy) is 2. The molecule has 2 aromatic carbocycles. The summed E-state index contributed by atoms with van der Waals surface area (Å²) in [5.41, 5.74) is 1.56. The van der Waals surface area contributed by atoms with E-state index in [2.05, 4.69) is 37.6 Å².